The Morgan fingerprint density at radius 3 is 2.46 bits per heavy atom. The fraction of sp³-hybridized carbons (Fsp3) is 0.105. The molecule has 0 fully saturated rings. The quantitative estimate of drug-likeness (QED) is 0.802. The first-order valence-electron chi connectivity index (χ1n) is 7.58. The summed E-state index contributed by atoms with van der Waals surface area (Å²) in [5, 5.41) is 3.00. The Bertz CT molecular complexity index is 850. The molecule has 0 radical (unpaired) electrons. The van der Waals surface area contributed by atoms with Gasteiger partial charge in [-0.15, -0.1) is 0 Å². The van der Waals surface area contributed by atoms with Gasteiger partial charge in [-0.25, -0.2) is 0 Å². The SMILES string of the molecule is Cn1cc(C(=O)N[C@@H](c2ccccc2)c2ccccn2)ccc1=O. The number of benzene rings is 1. The van der Waals surface area contributed by atoms with Crippen LogP contribution in [-0.2, 0) is 7.05 Å². The van der Waals surface area contributed by atoms with Crippen molar-refractivity contribution in [1.82, 2.24) is 14.9 Å². The molecule has 1 amide bonds. The van der Waals surface area contributed by atoms with Crippen LogP contribution in [0.15, 0.2) is 77.9 Å². The molecule has 120 valence electrons. The number of aromatic nitrogens is 2. The molecule has 1 aromatic carbocycles. The van der Waals surface area contributed by atoms with Crippen LogP contribution in [0.1, 0.15) is 27.7 Å². The molecule has 0 saturated heterocycles. The maximum Gasteiger partial charge on any atom is 0.253 e. The molecule has 0 aliphatic carbocycles. The molecule has 0 aliphatic rings. The van der Waals surface area contributed by atoms with Gasteiger partial charge in [0.2, 0.25) is 5.56 Å². The number of aryl methyl sites for hydroxylation is 1. The number of rotatable bonds is 4. The summed E-state index contributed by atoms with van der Waals surface area (Å²) in [5.74, 6) is -0.259. The van der Waals surface area contributed by atoms with Gasteiger partial charge >= 0.3 is 0 Å². The predicted octanol–water partition coefficient (Wildman–Crippen LogP) is 2.30. The molecule has 0 spiro atoms. The van der Waals surface area contributed by atoms with Crippen LogP contribution in [0.25, 0.3) is 0 Å². The fourth-order valence-electron chi connectivity index (χ4n) is 2.46. The number of hydrogen-bond donors (Lipinski definition) is 1. The van der Waals surface area contributed by atoms with Crippen molar-refractivity contribution in [1.29, 1.82) is 0 Å². The third kappa shape index (κ3) is 3.41. The largest absolute Gasteiger partial charge is 0.339 e. The summed E-state index contributed by atoms with van der Waals surface area (Å²) in [4.78, 5) is 28.5. The van der Waals surface area contributed by atoms with Crippen molar-refractivity contribution in [3.8, 4) is 0 Å². The number of carbonyl (C=O) groups is 1. The minimum atomic E-state index is -0.364. The highest BCUT2D eigenvalue weighted by molar-refractivity contribution is 5.94. The average Bonchev–Trinajstić information content (AvgIpc) is 2.63. The molecule has 5 nitrogen and oxygen atoms in total. The molecule has 0 bridgehead atoms. The van der Waals surface area contributed by atoms with E-state index in [4.69, 9.17) is 0 Å². The Kier molecular flexibility index (Phi) is 4.52. The van der Waals surface area contributed by atoms with Crippen LogP contribution in [0.3, 0.4) is 0 Å². The Hall–Kier alpha value is -3.21. The first kappa shape index (κ1) is 15.7. The van der Waals surface area contributed by atoms with Gasteiger partial charge in [0.1, 0.15) is 0 Å². The van der Waals surface area contributed by atoms with Gasteiger partial charge in [-0.05, 0) is 23.8 Å². The van der Waals surface area contributed by atoms with Gasteiger partial charge in [-0.3, -0.25) is 14.6 Å². The van der Waals surface area contributed by atoms with E-state index in [-0.39, 0.29) is 17.5 Å². The zero-order chi connectivity index (χ0) is 16.9. The Labute approximate surface area is 139 Å². The van der Waals surface area contributed by atoms with Crippen LogP contribution in [-0.4, -0.2) is 15.5 Å². The maximum absolute atomic E-state index is 12.6. The molecule has 2 heterocycles. The summed E-state index contributed by atoms with van der Waals surface area (Å²) >= 11 is 0. The smallest absolute Gasteiger partial charge is 0.253 e. The zero-order valence-electron chi connectivity index (χ0n) is 13.2. The van der Waals surface area contributed by atoms with Gasteiger partial charge < -0.3 is 9.88 Å². The van der Waals surface area contributed by atoms with Crippen molar-refractivity contribution in [3.63, 3.8) is 0 Å². The summed E-state index contributed by atoms with van der Waals surface area (Å²) in [6, 6.07) is 17.8. The van der Waals surface area contributed by atoms with Crippen molar-refractivity contribution in [3.05, 3.63) is 100 Å². The summed E-state index contributed by atoms with van der Waals surface area (Å²) in [6.45, 7) is 0. The highest BCUT2D eigenvalue weighted by Gasteiger charge is 2.19. The van der Waals surface area contributed by atoms with E-state index in [1.165, 1.54) is 22.9 Å². The number of carbonyl (C=O) groups excluding carboxylic acids is 1. The third-order valence-electron chi connectivity index (χ3n) is 3.74. The molecule has 0 saturated carbocycles. The topological polar surface area (TPSA) is 64.0 Å². The normalized spacial score (nSPS) is 11.7. The monoisotopic (exact) mass is 319 g/mol. The highest BCUT2D eigenvalue weighted by atomic mass is 16.2. The van der Waals surface area contributed by atoms with Gasteiger partial charge in [0.15, 0.2) is 0 Å². The second kappa shape index (κ2) is 6.91. The summed E-state index contributed by atoms with van der Waals surface area (Å²) in [5.41, 5.74) is 1.96. The molecule has 0 aliphatic heterocycles. The van der Waals surface area contributed by atoms with E-state index < -0.39 is 0 Å². The van der Waals surface area contributed by atoms with Gasteiger partial charge in [-0.1, -0.05) is 36.4 Å². The molecule has 5 heteroatoms. The van der Waals surface area contributed by atoms with E-state index in [2.05, 4.69) is 10.3 Å². The second-order valence-corrected chi connectivity index (χ2v) is 5.44. The van der Waals surface area contributed by atoms with Gasteiger partial charge in [-0.2, -0.15) is 0 Å². The van der Waals surface area contributed by atoms with Crippen LogP contribution < -0.4 is 10.9 Å². The van der Waals surface area contributed by atoms with E-state index in [0.717, 1.165) is 11.3 Å². The first-order valence-corrected chi connectivity index (χ1v) is 7.58. The van der Waals surface area contributed by atoms with Crippen molar-refractivity contribution in [2.45, 2.75) is 6.04 Å². The van der Waals surface area contributed by atoms with Gasteiger partial charge in [0.05, 0.1) is 17.3 Å². The number of hydrogen-bond acceptors (Lipinski definition) is 3. The lowest BCUT2D eigenvalue weighted by Gasteiger charge is -2.19. The van der Waals surface area contributed by atoms with Crippen molar-refractivity contribution < 1.29 is 4.79 Å². The van der Waals surface area contributed by atoms with Crippen LogP contribution in [0, 0.1) is 0 Å². The standard InChI is InChI=1S/C19H17N3O2/c1-22-13-15(10-11-17(22)23)19(24)21-18(14-7-3-2-4-8-14)16-9-5-6-12-20-16/h2-13,18H,1H3,(H,21,24)/t18-/m0/s1. The van der Waals surface area contributed by atoms with E-state index in [1.54, 1.807) is 13.2 Å². The van der Waals surface area contributed by atoms with Crippen LogP contribution in [0.4, 0.5) is 0 Å². The number of amides is 1. The lowest BCUT2D eigenvalue weighted by atomic mass is 10.0. The Morgan fingerprint density at radius 2 is 1.79 bits per heavy atom. The van der Waals surface area contributed by atoms with E-state index >= 15 is 0 Å². The van der Waals surface area contributed by atoms with Crippen molar-refractivity contribution >= 4 is 5.91 Å². The predicted molar refractivity (Wildman–Crippen MR) is 91.7 cm³/mol. The first-order chi connectivity index (χ1) is 11.6. The Balaban J connectivity index is 1.93. The maximum atomic E-state index is 12.6. The Morgan fingerprint density at radius 1 is 1.04 bits per heavy atom. The lowest BCUT2D eigenvalue weighted by Crippen LogP contribution is -2.31. The second-order valence-electron chi connectivity index (χ2n) is 5.44. The summed E-state index contributed by atoms with van der Waals surface area (Å²) in [7, 11) is 1.62. The number of pyridine rings is 2. The fourth-order valence-corrected chi connectivity index (χ4v) is 2.46. The van der Waals surface area contributed by atoms with E-state index in [1.807, 2.05) is 48.5 Å². The summed E-state index contributed by atoms with van der Waals surface area (Å²) in [6.07, 6.45) is 3.22. The molecule has 24 heavy (non-hydrogen) atoms. The highest BCUT2D eigenvalue weighted by Crippen LogP contribution is 2.20. The van der Waals surface area contributed by atoms with E-state index in [0.29, 0.717) is 5.56 Å². The van der Waals surface area contributed by atoms with Crippen LogP contribution in [0.2, 0.25) is 0 Å². The molecule has 1 atom stereocenters. The van der Waals surface area contributed by atoms with Gasteiger partial charge in [0, 0.05) is 25.5 Å². The molecular weight excluding hydrogens is 302 g/mol. The molecule has 2 aromatic heterocycles. The van der Waals surface area contributed by atoms with Gasteiger partial charge in [0.25, 0.3) is 5.91 Å². The van der Waals surface area contributed by atoms with Crippen LogP contribution in [0.5, 0.6) is 0 Å². The molecule has 1 N–H and O–H groups in total. The lowest BCUT2D eigenvalue weighted by molar-refractivity contribution is 0.0941. The molecule has 3 rings (SSSR count). The number of nitrogens with one attached hydrogen (secondary N) is 1. The van der Waals surface area contributed by atoms with Crippen LogP contribution >= 0.6 is 0 Å². The van der Waals surface area contributed by atoms with Crippen molar-refractivity contribution in [2.75, 3.05) is 0 Å². The third-order valence-corrected chi connectivity index (χ3v) is 3.74. The zero-order valence-corrected chi connectivity index (χ0v) is 13.2. The average molecular weight is 319 g/mol. The van der Waals surface area contributed by atoms with Crippen molar-refractivity contribution in [2.24, 2.45) is 7.05 Å². The summed E-state index contributed by atoms with van der Waals surface area (Å²) < 4.78 is 1.38. The minimum Gasteiger partial charge on any atom is -0.339 e. The molecule has 0 unspecified atom stereocenters. The molecule has 3 aromatic rings. The number of nitrogens with zero attached hydrogens (tertiary/aromatic N) is 2. The minimum absolute atomic E-state index is 0.157. The molecular formula is C19H17N3O2. The van der Waals surface area contributed by atoms with E-state index in [9.17, 15) is 9.59 Å².